The van der Waals surface area contributed by atoms with Crippen LogP contribution >= 0.6 is 0 Å². The Morgan fingerprint density at radius 1 is 1.33 bits per heavy atom. The lowest BCUT2D eigenvalue weighted by Gasteiger charge is -2.18. The van der Waals surface area contributed by atoms with Crippen LogP contribution in [-0.4, -0.2) is 62.2 Å². The zero-order valence-electron chi connectivity index (χ0n) is 13.2. The minimum Gasteiger partial charge on any atom is -0.504 e. The second-order valence-corrected chi connectivity index (χ2v) is 5.67. The molecule has 2 rings (SSSR count). The average molecular weight is 340 g/mol. The number of ether oxygens (including phenoxy) is 2. The van der Waals surface area contributed by atoms with Gasteiger partial charge in [-0.2, -0.15) is 0 Å². The monoisotopic (exact) mass is 340 g/mol. The van der Waals surface area contributed by atoms with E-state index in [1.807, 2.05) is 0 Å². The van der Waals surface area contributed by atoms with E-state index in [-0.39, 0.29) is 17.1 Å². The first-order chi connectivity index (χ1) is 11.2. The lowest BCUT2D eigenvalue weighted by atomic mass is 10.1. The lowest BCUT2D eigenvalue weighted by molar-refractivity contribution is -0.132. The van der Waals surface area contributed by atoms with E-state index in [2.05, 4.69) is 0 Å². The number of aliphatic carboxylic acids is 1. The van der Waals surface area contributed by atoms with Crippen molar-refractivity contribution in [2.45, 2.75) is 44.6 Å². The van der Waals surface area contributed by atoms with Gasteiger partial charge in [0.15, 0.2) is 11.5 Å². The van der Waals surface area contributed by atoms with Crippen LogP contribution in [0.1, 0.15) is 19.4 Å². The summed E-state index contributed by atoms with van der Waals surface area (Å²) in [5.41, 5.74) is 0.551. The molecule has 1 aliphatic heterocycles. The van der Waals surface area contributed by atoms with Gasteiger partial charge in [0.2, 0.25) is 6.29 Å². The molecule has 5 unspecified atom stereocenters. The van der Waals surface area contributed by atoms with Gasteiger partial charge >= 0.3 is 5.97 Å². The van der Waals surface area contributed by atoms with Gasteiger partial charge in [-0.1, -0.05) is 6.07 Å². The summed E-state index contributed by atoms with van der Waals surface area (Å²) in [6.07, 6.45) is -4.61. The molecule has 0 saturated carbocycles. The molecule has 1 aliphatic rings. The molecule has 0 amide bonds. The van der Waals surface area contributed by atoms with E-state index in [4.69, 9.17) is 14.6 Å². The predicted molar refractivity (Wildman–Crippen MR) is 82.4 cm³/mol. The van der Waals surface area contributed by atoms with Gasteiger partial charge in [0, 0.05) is 5.57 Å². The van der Waals surface area contributed by atoms with E-state index in [9.17, 15) is 25.2 Å². The molecule has 0 aliphatic carbocycles. The molecule has 8 heteroatoms. The zero-order chi connectivity index (χ0) is 18.0. The second kappa shape index (κ2) is 7.18. The van der Waals surface area contributed by atoms with Crippen molar-refractivity contribution in [2.75, 3.05) is 0 Å². The summed E-state index contributed by atoms with van der Waals surface area (Å²) in [6.45, 7) is 2.83. The second-order valence-electron chi connectivity index (χ2n) is 5.67. The van der Waals surface area contributed by atoms with Crippen LogP contribution in [0.5, 0.6) is 11.5 Å². The van der Waals surface area contributed by atoms with Gasteiger partial charge in [-0.15, -0.1) is 0 Å². The van der Waals surface area contributed by atoms with E-state index in [0.717, 1.165) is 0 Å². The molecule has 1 aromatic rings. The highest BCUT2D eigenvalue weighted by Gasteiger charge is 2.46. The van der Waals surface area contributed by atoms with E-state index in [0.29, 0.717) is 5.56 Å². The van der Waals surface area contributed by atoms with Crippen LogP contribution in [0.3, 0.4) is 0 Å². The van der Waals surface area contributed by atoms with Crippen molar-refractivity contribution in [1.29, 1.82) is 0 Å². The summed E-state index contributed by atoms with van der Waals surface area (Å²) in [6, 6.07) is 4.20. The van der Waals surface area contributed by atoms with Crippen molar-refractivity contribution in [2.24, 2.45) is 0 Å². The minimum absolute atomic E-state index is 0.0115. The summed E-state index contributed by atoms with van der Waals surface area (Å²) < 4.78 is 10.6. The summed E-state index contributed by atoms with van der Waals surface area (Å²) in [4.78, 5) is 10.8. The molecule has 1 heterocycles. The molecular formula is C16H20O8. The Morgan fingerprint density at radius 3 is 2.50 bits per heavy atom. The Balaban J connectivity index is 2.14. The van der Waals surface area contributed by atoms with Gasteiger partial charge < -0.3 is 35.0 Å². The Bertz CT molecular complexity index is 639. The highest BCUT2D eigenvalue weighted by molar-refractivity contribution is 5.91. The zero-order valence-corrected chi connectivity index (χ0v) is 13.2. The summed E-state index contributed by atoms with van der Waals surface area (Å²) in [5.74, 6) is -1.37. The predicted octanol–water partition coefficient (Wildman–Crippen LogP) is 0.0864. The van der Waals surface area contributed by atoms with Crippen molar-refractivity contribution >= 4 is 12.0 Å². The Kier molecular flexibility index (Phi) is 5.45. The van der Waals surface area contributed by atoms with Crippen LogP contribution in [0.2, 0.25) is 0 Å². The molecule has 8 nitrogen and oxygen atoms in total. The van der Waals surface area contributed by atoms with Crippen LogP contribution in [0.15, 0.2) is 23.8 Å². The molecule has 0 radical (unpaired) electrons. The normalized spacial score (nSPS) is 28.6. The molecule has 5 N–H and O–H groups in total. The van der Waals surface area contributed by atoms with Crippen molar-refractivity contribution in [3.8, 4) is 11.5 Å². The van der Waals surface area contributed by atoms with Crippen LogP contribution in [-0.2, 0) is 9.53 Å². The standard InChI is InChI=1S/C16H20O8/c1-7(15(21)22)5-9-3-4-11(10(18)6-9)23-16-13(20)12(19)14(24-16)8(2)17/h3-6,8,12-14,16-20H,1-2H3,(H,21,22). The van der Waals surface area contributed by atoms with Crippen molar-refractivity contribution in [3.05, 3.63) is 29.3 Å². The number of carbonyl (C=O) groups is 1. The smallest absolute Gasteiger partial charge is 0.331 e. The topological polar surface area (TPSA) is 137 Å². The van der Waals surface area contributed by atoms with E-state index in [1.54, 1.807) is 0 Å². The maximum Gasteiger partial charge on any atom is 0.331 e. The number of phenols is 1. The third-order valence-electron chi connectivity index (χ3n) is 3.68. The molecule has 24 heavy (non-hydrogen) atoms. The highest BCUT2D eigenvalue weighted by Crippen LogP contribution is 2.32. The molecule has 0 bridgehead atoms. The quantitative estimate of drug-likeness (QED) is 0.476. The molecule has 132 valence electrons. The Hall–Kier alpha value is -2.13. The van der Waals surface area contributed by atoms with Crippen molar-refractivity contribution in [1.82, 2.24) is 0 Å². The number of hydrogen-bond donors (Lipinski definition) is 5. The number of rotatable bonds is 5. The first-order valence-electron chi connectivity index (χ1n) is 7.31. The lowest BCUT2D eigenvalue weighted by Crippen LogP contribution is -2.38. The number of aliphatic hydroxyl groups excluding tert-OH is 3. The maximum absolute atomic E-state index is 10.8. The fourth-order valence-electron chi connectivity index (χ4n) is 2.33. The van der Waals surface area contributed by atoms with Gasteiger partial charge in [-0.05, 0) is 37.6 Å². The highest BCUT2D eigenvalue weighted by atomic mass is 16.7. The van der Waals surface area contributed by atoms with Crippen LogP contribution in [0.25, 0.3) is 6.08 Å². The van der Waals surface area contributed by atoms with E-state index in [1.165, 1.54) is 38.1 Å². The SMILES string of the molecule is CC(=Cc1ccc(OC2OC(C(C)O)C(O)C2O)c(O)c1)C(=O)O. The fourth-order valence-corrected chi connectivity index (χ4v) is 2.33. The van der Waals surface area contributed by atoms with Crippen LogP contribution < -0.4 is 4.74 Å². The summed E-state index contributed by atoms with van der Waals surface area (Å²) in [5, 5.41) is 48.0. The number of hydrogen-bond acceptors (Lipinski definition) is 7. The average Bonchev–Trinajstić information content (AvgIpc) is 2.78. The molecule has 1 saturated heterocycles. The first-order valence-corrected chi connectivity index (χ1v) is 7.31. The van der Waals surface area contributed by atoms with Gasteiger partial charge in [0.25, 0.3) is 0 Å². The van der Waals surface area contributed by atoms with Crippen LogP contribution in [0, 0.1) is 0 Å². The number of aliphatic hydroxyl groups is 3. The number of benzene rings is 1. The van der Waals surface area contributed by atoms with Gasteiger partial charge in [0.1, 0.15) is 18.3 Å². The molecule has 0 spiro atoms. The molecule has 1 aromatic carbocycles. The Labute approximate surface area is 138 Å². The third kappa shape index (κ3) is 3.85. The van der Waals surface area contributed by atoms with Crippen LogP contribution in [0.4, 0.5) is 0 Å². The van der Waals surface area contributed by atoms with Crippen molar-refractivity contribution in [3.63, 3.8) is 0 Å². The number of carboxylic acids is 1. The number of carboxylic acid groups (broad SMARTS) is 1. The van der Waals surface area contributed by atoms with Gasteiger partial charge in [-0.25, -0.2) is 4.79 Å². The maximum atomic E-state index is 10.8. The summed E-state index contributed by atoms with van der Waals surface area (Å²) in [7, 11) is 0. The van der Waals surface area contributed by atoms with Gasteiger partial charge in [-0.3, -0.25) is 0 Å². The number of aromatic hydroxyl groups is 1. The molecule has 1 fully saturated rings. The largest absolute Gasteiger partial charge is 0.504 e. The fraction of sp³-hybridized carbons (Fsp3) is 0.438. The first kappa shape index (κ1) is 18.2. The third-order valence-corrected chi connectivity index (χ3v) is 3.68. The molecule has 0 aromatic heterocycles. The van der Waals surface area contributed by atoms with E-state index >= 15 is 0 Å². The molecule has 5 atom stereocenters. The van der Waals surface area contributed by atoms with E-state index < -0.39 is 36.7 Å². The summed E-state index contributed by atoms with van der Waals surface area (Å²) >= 11 is 0. The van der Waals surface area contributed by atoms with Gasteiger partial charge in [0.05, 0.1) is 6.10 Å². The number of phenolic OH excluding ortho intramolecular Hbond substituents is 1. The Morgan fingerprint density at radius 2 is 2.00 bits per heavy atom. The molecular weight excluding hydrogens is 320 g/mol. The van der Waals surface area contributed by atoms with Crippen molar-refractivity contribution < 1.29 is 39.8 Å². The minimum atomic E-state index is -1.39.